The van der Waals surface area contributed by atoms with Crippen LogP contribution >= 0.6 is 0 Å². The first-order valence-electron chi connectivity index (χ1n) is 5.65. The molecule has 0 unspecified atom stereocenters. The zero-order valence-corrected chi connectivity index (χ0v) is 10.2. The summed E-state index contributed by atoms with van der Waals surface area (Å²) in [4.78, 5) is 10.9. The van der Waals surface area contributed by atoms with Crippen molar-refractivity contribution >= 4 is 5.97 Å². The molecule has 1 aromatic carbocycles. The predicted molar refractivity (Wildman–Crippen MR) is 66.3 cm³/mol. The average Bonchev–Trinajstić information content (AvgIpc) is 2.76. The van der Waals surface area contributed by atoms with Crippen LogP contribution in [0.4, 0.5) is 0 Å². The van der Waals surface area contributed by atoms with Crippen molar-refractivity contribution < 1.29 is 15.0 Å². The number of phenols is 1. The number of aromatic nitrogens is 2. The van der Waals surface area contributed by atoms with E-state index in [4.69, 9.17) is 5.11 Å². The fourth-order valence-corrected chi connectivity index (χ4v) is 1.79. The van der Waals surface area contributed by atoms with Crippen molar-refractivity contribution in [1.82, 2.24) is 9.78 Å². The van der Waals surface area contributed by atoms with E-state index >= 15 is 0 Å². The summed E-state index contributed by atoms with van der Waals surface area (Å²) in [6.45, 7) is 3.81. The summed E-state index contributed by atoms with van der Waals surface area (Å²) in [5.74, 6) is -0.995. The van der Waals surface area contributed by atoms with Crippen LogP contribution in [-0.4, -0.2) is 26.0 Å². The molecular weight excluding hydrogens is 232 g/mol. The molecule has 0 fully saturated rings. The molecular formula is C13H14N2O3. The van der Waals surface area contributed by atoms with Crippen LogP contribution in [0.15, 0.2) is 24.3 Å². The Morgan fingerprint density at radius 3 is 2.72 bits per heavy atom. The molecule has 5 heteroatoms. The first-order chi connectivity index (χ1) is 8.52. The Labute approximate surface area is 104 Å². The highest BCUT2D eigenvalue weighted by Gasteiger charge is 2.15. The molecule has 0 radical (unpaired) electrons. The SMILES string of the molecule is CCc1cc(C(=O)O)nn1-c1cc(C)ccc1O. The van der Waals surface area contributed by atoms with Crippen molar-refractivity contribution in [3.05, 3.63) is 41.2 Å². The summed E-state index contributed by atoms with van der Waals surface area (Å²) in [6.07, 6.45) is 0.633. The van der Waals surface area contributed by atoms with Crippen LogP contribution in [0.3, 0.4) is 0 Å². The van der Waals surface area contributed by atoms with Crippen LogP contribution in [0.2, 0.25) is 0 Å². The molecule has 94 valence electrons. The molecule has 2 aromatic rings. The summed E-state index contributed by atoms with van der Waals surface area (Å²) in [5.41, 5.74) is 2.19. The zero-order valence-electron chi connectivity index (χ0n) is 10.2. The minimum Gasteiger partial charge on any atom is -0.506 e. The van der Waals surface area contributed by atoms with Gasteiger partial charge in [0, 0.05) is 5.69 Å². The number of aryl methyl sites for hydroxylation is 2. The normalized spacial score (nSPS) is 10.6. The van der Waals surface area contributed by atoms with Crippen molar-refractivity contribution in [1.29, 1.82) is 0 Å². The largest absolute Gasteiger partial charge is 0.506 e. The number of carboxylic acid groups (broad SMARTS) is 1. The van der Waals surface area contributed by atoms with E-state index in [1.165, 1.54) is 10.7 Å². The fraction of sp³-hybridized carbons (Fsp3) is 0.231. The lowest BCUT2D eigenvalue weighted by molar-refractivity contribution is 0.0690. The Morgan fingerprint density at radius 2 is 2.11 bits per heavy atom. The number of benzene rings is 1. The maximum Gasteiger partial charge on any atom is 0.356 e. The van der Waals surface area contributed by atoms with Gasteiger partial charge in [0.25, 0.3) is 0 Å². The van der Waals surface area contributed by atoms with Gasteiger partial charge in [-0.15, -0.1) is 0 Å². The van der Waals surface area contributed by atoms with Crippen molar-refractivity contribution in [2.45, 2.75) is 20.3 Å². The molecule has 0 aliphatic rings. The maximum atomic E-state index is 10.9. The summed E-state index contributed by atoms with van der Waals surface area (Å²) in [6, 6.07) is 6.65. The number of hydrogen-bond donors (Lipinski definition) is 2. The summed E-state index contributed by atoms with van der Waals surface area (Å²) in [5, 5.41) is 22.8. The minimum atomic E-state index is -1.07. The van der Waals surface area contributed by atoms with Gasteiger partial charge >= 0.3 is 5.97 Å². The zero-order chi connectivity index (χ0) is 13.3. The second-order valence-electron chi connectivity index (χ2n) is 4.08. The average molecular weight is 246 g/mol. The van der Waals surface area contributed by atoms with Crippen LogP contribution in [0.25, 0.3) is 5.69 Å². The van der Waals surface area contributed by atoms with Crippen molar-refractivity contribution in [3.63, 3.8) is 0 Å². The van der Waals surface area contributed by atoms with Gasteiger partial charge in [0.05, 0.1) is 0 Å². The molecule has 0 spiro atoms. The van der Waals surface area contributed by atoms with Crippen molar-refractivity contribution in [2.24, 2.45) is 0 Å². The first kappa shape index (κ1) is 12.2. The molecule has 18 heavy (non-hydrogen) atoms. The Morgan fingerprint density at radius 1 is 1.39 bits per heavy atom. The molecule has 1 aromatic heterocycles. The number of nitrogens with zero attached hydrogens (tertiary/aromatic N) is 2. The van der Waals surface area contributed by atoms with E-state index < -0.39 is 5.97 Å². The third kappa shape index (κ3) is 2.07. The van der Waals surface area contributed by atoms with Crippen LogP contribution < -0.4 is 0 Å². The van der Waals surface area contributed by atoms with E-state index in [-0.39, 0.29) is 11.4 Å². The molecule has 0 saturated carbocycles. The third-order valence-electron chi connectivity index (χ3n) is 2.72. The molecule has 0 bridgehead atoms. The van der Waals surface area contributed by atoms with Crippen molar-refractivity contribution in [2.75, 3.05) is 0 Å². The van der Waals surface area contributed by atoms with Gasteiger partial charge in [-0.25, -0.2) is 9.48 Å². The molecule has 0 saturated heterocycles. The highest BCUT2D eigenvalue weighted by Crippen LogP contribution is 2.24. The fourth-order valence-electron chi connectivity index (χ4n) is 1.79. The van der Waals surface area contributed by atoms with Gasteiger partial charge in [0.15, 0.2) is 5.69 Å². The Hall–Kier alpha value is -2.30. The van der Waals surface area contributed by atoms with Gasteiger partial charge in [-0.1, -0.05) is 13.0 Å². The van der Waals surface area contributed by atoms with Gasteiger partial charge < -0.3 is 10.2 Å². The predicted octanol–water partition coefficient (Wildman–Crippen LogP) is 2.15. The van der Waals surface area contributed by atoms with E-state index in [1.54, 1.807) is 18.2 Å². The maximum absolute atomic E-state index is 10.9. The van der Waals surface area contributed by atoms with Gasteiger partial charge in [0.1, 0.15) is 11.4 Å². The highest BCUT2D eigenvalue weighted by molar-refractivity contribution is 5.85. The Balaban J connectivity index is 2.62. The van der Waals surface area contributed by atoms with Gasteiger partial charge in [-0.2, -0.15) is 5.10 Å². The lowest BCUT2D eigenvalue weighted by Gasteiger charge is -2.08. The molecule has 2 rings (SSSR count). The van der Waals surface area contributed by atoms with E-state index in [0.717, 1.165) is 11.3 Å². The van der Waals surface area contributed by atoms with E-state index in [1.807, 2.05) is 13.8 Å². The lowest BCUT2D eigenvalue weighted by atomic mass is 10.2. The number of carbonyl (C=O) groups is 1. The van der Waals surface area contributed by atoms with Crippen molar-refractivity contribution in [3.8, 4) is 11.4 Å². The second kappa shape index (κ2) is 4.52. The number of aromatic hydroxyl groups is 1. The number of carboxylic acids is 1. The number of rotatable bonds is 3. The first-order valence-corrected chi connectivity index (χ1v) is 5.65. The lowest BCUT2D eigenvalue weighted by Crippen LogP contribution is -2.04. The van der Waals surface area contributed by atoms with E-state index in [0.29, 0.717) is 12.1 Å². The van der Waals surface area contributed by atoms with E-state index in [9.17, 15) is 9.90 Å². The highest BCUT2D eigenvalue weighted by atomic mass is 16.4. The molecule has 0 amide bonds. The topological polar surface area (TPSA) is 75.3 Å². The molecule has 2 N–H and O–H groups in total. The summed E-state index contributed by atoms with van der Waals surface area (Å²) < 4.78 is 1.48. The molecule has 5 nitrogen and oxygen atoms in total. The second-order valence-corrected chi connectivity index (χ2v) is 4.08. The molecule has 1 heterocycles. The standard InChI is InChI=1S/C13H14N2O3/c1-3-9-7-10(13(17)18)14-15(9)11-6-8(2)4-5-12(11)16/h4-7,16H,3H2,1-2H3,(H,17,18). The third-order valence-corrected chi connectivity index (χ3v) is 2.72. The van der Waals surface area contributed by atoms with E-state index in [2.05, 4.69) is 5.10 Å². The van der Waals surface area contributed by atoms with Gasteiger partial charge in [-0.3, -0.25) is 0 Å². The molecule has 0 atom stereocenters. The van der Waals surface area contributed by atoms with Crippen LogP contribution in [0, 0.1) is 6.92 Å². The quantitative estimate of drug-likeness (QED) is 0.870. The summed E-state index contributed by atoms with van der Waals surface area (Å²) >= 11 is 0. The Kier molecular flexibility index (Phi) is 3.06. The van der Waals surface area contributed by atoms with Gasteiger partial charge in [-0.05, 0) is 37.1 Å². The minimum absolute atomic E-state index is 0.0206. The van der Waals surface area contributed by atoms with Crippen LogP contribution in [0.1, 0.15) is 28.7 Å². The number of phenolic OH excluding ortho intramolecular Hbond substituents is 1. The number of hydrogen-bond acceptors (Lipinski definition) is 3. The van der Waals surface area contributed by atoms with Gasteiger partial charge in [0.2, 0.25) is 0 Å². The number of aromatic carboxylic acids is 1. The molecule has 0 aliphatic carbocycles. The molecule has 0 aliphatic heterocycles. The monoisotopic (exact) mass is 246 g/mol. The Bertz CT molecular complexity index is 602. The van der Waals surface area contributed by atoms with Crippen LogP contribution in [0.5, 0.6) is 5.75 Å². The summed E-state index contributed by atoms with van der Waals surface area (Å²) in [7, 11) is 0. The van der Waals surface area contributed by atoms with Crippen LogP contribution in [-0.2, 0) is 6.42 Å². The smallest absolute Gasteiger partial charge is 0.356 e.